The third-order valence-electron chi connectivity index (χ3n) is 3.97. The van der Waals surface area contributed by atoms with E-state index in [9.17, 15) is 4.79 Å². The first-order valence-electron chi connectivity index (χ1n) is 8.20. The van der Waals surface area contributed by atoms with Gasteiger partial charge in [-0.3, -0.25) is 4.79 Å². The zero-order chi connectivity index (χ0) is 17.8. The fraction of sp³-hybridized carbons (Fsp3) is 0.200. The molecule has 2 aromatic carbocycles. The minimum absolute atomic E-state index is 0.206. The SMILES string of the molecule is Cc1nn(-c2ccccc2)c(C)c1NC(=O)C(C)Oc1ccccc1. The molecule has 1 heterocycles. The maximum Gasteiger partial charge on any atom is 0.265 e. The number of hydrogen-bond donors (Lipinski definition) is 1. The highest BCUT2D eigenvalue weighted by atomic mass is 16.5. The molecule has 5 nitrogen and oxygen atoms in total. The lowest BCUT2D eigenvalue weighted by molar-refractivity contribution is -0.122. The maximum absolute atomic E-state index is 12.5. The molecule has 0 aliphatic carbocycles. The molecule has 25 heavy (non-hydrogen) atoms. The van der Waals surface area contributed by atoms with Crippen LogP contribution in [0.2, 0.25) is 0 Å². The van der Waals surface area contributed by atoms with Crippen molar-refractivity contribution in [2.24, 2.45) is 0 Å². The Morgan fingerprint density at radius 2 is 1.64 bits per heavy atom. The second kappa shape index (κ2) is 7.21. The van der Waals surface area contributed by atoms with Gasteiger partial charge < -0.3 is 10.1 Å². The summed E-state index contributed by atoms with van der Waals surface area (Å²) in [5, 5.41) is 7.48. The normalized spacial score (nSPS) is 11.8. The Morgan fingerprint density at radius 1 is 1.04 bits per heavy atom. The van der Waals surface area contributed by atoms with Gasteiger partial charge in [-0.1, -0.05) is 36.4 Å². The average molecular weight is 335 g/mol. The summed E-state index contributed by atoms with van der Waals surface area (Å²) in [7, 11) is 0. The number of hydrogen-bond acceptors (Lipinski definition) is 3. The predicted octanol–water partition coefficient (Wildman–Crippen LogP) is 3.90. The summed E-state index contributed by atoms with van der Waals surface area (Å²) in [6.07, 6.45) is -0.610. The predicted molar refractivity (Wildman–Crippen MR) is 98.2 cm³/mol. The van der Waals surface area contributed by atoms with Gasteiger partial charge >= 0.3 is 0 Å². The lowest BCUT2D eigenvalue weighted by Crippen LogP contribution is -2.30. The summed E-state index contributed by atoms with van der Waals surface area (Å²) in [5.74, 6) is 0.459. The molecule has 0 saturated carbocycles. The molecule has 1 aromatic heterocycles. The van der Waals surface area contributed by atoms with Crippen molar-refractivity contribution in [1.82, 2.24) is 9.78 Å². The largest absolute Gasteiger partial charge is 0.481 e. The van der Waals surface area contributed by atoms with E-state index in [-0.39, 0.29) is 5.91 Å². The summed E-state index contributed by atoms with van der Waals surface area (Å²) >= 11 is 0. The average Bonchev–Trinajstić information content (AvgIpc) is 2.91. The van der Waals surface area contributed by atoms with Crippen molar-refractivity contribution in [3.8, 4) is 11.4 Å². The summed E-state index contributed by atoms with van der Waals surface area (Å²) in [4.78, 5) is 12.5. The van der Waals surface area contributed by atoms with E-state index in [2.05, 4.69) is 10.4 Å². The molecule has 1 unspecified atom stereocenters. The number of benzene rings is 2. The quantitative estimate of drug-likeness (QED) is 0.769. The van der Waals surface area contributed by atoms with Crippen LogP contribution < -0.4 is 10.1 Å². The number of carbonyl (C=O) groups is 1. The highest BCUT2D eigenvalue weighted by molar-refractivity contribution is 5.95. The molecule has 1 amide bonds. The molecule has 5 heteroatoms. The van der Waals surface area contributed by atoms with Crippen LogP contribution >= 0.6 is 0 Å². The van der Waals surface area contributed by atoms with Gasteiger partial charge in [-0.25, -0.2) is 4.68 Å². The maximum atomic E-state index is 12.5. The molecule has 128 valence electrons. The zero-order valence-electron chi connectivity index (χ0n) is 14.6. The molecule has 0 aliphatic heterocycles. The third kappa shape index (κ3) is 3.71. The molecule has 1 N–H and O–H groups in total. The Hall–Kier alpha value is -3.08. The Labute approximate surface area is 147 Å². The van der Waals surface area contributed by atoms with Crippen LogP contribution in [0, 0.1) is 13.8 Å². The van der Waals surface area contributed by atoms with Crippen LogP contribution in [-0.2, 0) is 4.79 Å². The standard InChI is InChI=1S/C20H21N3O2/c1-14-19(15(2)23(22-14)17-10-6-4-7-11-17)21-20(24)16(3)25-18-12-8-5-9-13-18/h4-13,16H,1-3H3,(H,21,24). The van der Waals surface area contributed by atoms with Crippen molar-refractivity contribution >= 4 is 11.6 Å². The van der Waals surface area contributed by atoms with Crippen molar-refractivity contribution < 1.29 is 9.53 Å². The van der Waals surface area contributed by atoms with E-state index in [0.717, 1.165) is 22.8 Å². The molecule has 0 bridgehead atoms. The zero-order valence-corrected chi connectivity index (χ0v) is 14.6. The topological polar surface area (TPSA) is 56.2 Å². The van der Waals surface area contributed by atoms with Crippen molar-refractivity contribution in [2.45, 2.75) is 26.9 Å². The van der Waals surface area contributed by atoms with Crippen molar-refractivity contribution in [3.05, 3.63) is 72.1 Å². The summed E-state index contributed by atoms with van der Waals surface area (Å²) in [6.45, 7) is 5.55. The number of nitrogens with zero attached hydrogens (tertiary/aromatic N) is 2. The third-order valence-corrected chi connectivity index (χ3v) is 3.97. The smallest absolute Gasteiger partial charge is 0.265 e. The molecule has 0 fully saturated rings. The Morgan fingerprint density at radius 3 is 2.28 bits per heavy atom. The van der Waals surface area contributed by atoms with Crippen LogP contribution in [0.3, 0.4) is 0 Å². The fourth-order valence-corrected chi connectivity index (χ4v) is 2.63. The number of para-hydroxylation sites is 2. The molecule has 3 aromatic rings. The molecule has 0 radical (unpaired) electrons. The molecular weight excluding hydrogens is 314 g/mol. The number of carbonyl (C=O) groups excluding carboxylic acids is 1. The van der Waals surface area contributed by atoms with Gasteiger partial charge in [0.1, 0.15) is 5.75 Å². The van der Waals surface area contributed by atoms with Crippen LogP contribution in [-0.4, -0.2) is 21.8 Å². The van der Waals surface area contributed by atoms with Gasteiger partial charge in [0.2, 0.25) is 0 Å². The van der Waals surface area contributed by atoms with Gasteiger partial charge in [0.15, 0.2) is 6.10 Å². The van der Waals surface area contributed by atoms with Crippen molar-refractivity contribution in [1.29, 1.82) is 0 Å². The number of amides is 1. The second-order valence-electron chi connectivity index (χ2n) is 5.86. The number of anilines is 1. The molecule has 3 rings (SSSR count). The van der Waals surface area contributed by atoms with Crippen LogP contribution in [0.4, 0.5) is 5.69 Å². The van der Waals surface area contributed by atoms with E-state index in [0.29, 0.717) is 5.75 Å². The van der Waals surface area contributed by atoms with Crippen molar-refractivity contribution in [3.63, 3.8) is 0 Å². The first-order chi connectivity index (χ1) is 12.1. The van der Waals surface area contributed by atoms with E-state index in [1.807, 2.05) is 79.2 Å². The van der Waals surface area contributed by atoms with Crippen LogP contribution in [0.5, 0.6) is 5.75 Å². The molecule has 0 spiro atoms. The van der Waals surface area contributed by atoms with Gasteiger partial charge in [0.05, 0.1) is 22.8 Å². The van der Waals surface area contributed by atoms with Gasteiger partial charge in [-0.2, -0.15) is 5.10 Å². The van der Waals surface area contributed by atoms with Gasteiger partial charge in [0, 0.05) is 0 Å². The first kappa shape index (κ1) is 16.8. The summed E-state index contributed by atoms with van der Waals surface area (Å²) < 4.78 is 7.51. The first-order valence-corrected chi connectivity index (χ1v) is 8.20. The molecule has 0 saturated heterocycles. The number of nitrogens with one attached hydrogen (secondary N) is 1. The highest BCUT2D eigenvalue weighted by Crippen LogP contribution is 2.23. The van der Waals surface area contributed by atoms with E-state index in [1.54, 1.807) is 6.92 Å². The molecular formula is C20H21N3O2. The minimum atomic E-state index is -0.610. The number of aromatic nitrogens is 2. The Bertz CT molecular complexity index is 857. The Balaban J connectivity index is 1.76. The molecule has 1 atom stereocenters. The van der Waals surface area contributed by atoms with E-state index in [4.69, 9.17) is 4.74 Å². The lowest BCUT2D eigenvalue weighted by Gasteiger charge is -2.15. The second-order valence-corrected chi connectivity index (χ2v) is 5.86. The number of rotatable bonds is 5. The van der Waals surface area contributed by atoms with E-state index in [1.165, 1.54) is 0 Å². The van der Waals surface area contributed by atoms with E-state index < -0.39 is 6.10 Å². The number of aryl methyl sites for hydroxylation is 1. The van der Waals surface area contributed by atoms with Gasteiger partial charge in [-0.15, -0.1) is 0 Å². The highest BCUT2D eigenvalue weighted by Gasteiger charge is 2.20. The summed E-state index contributed by atoms with van der Waals surface area (Å²) in [5.41, 5.74) is 3.32. The van der Waals surface area contributed by atoms with Crippen LogP contribution in [0.15, 0.2) is 60.7 Å². The van der Waals surface area contributed by atoms with Crippen LogP contribution in [0.25, 0.3) is 5.69 Å². The van der Waals surface area contributed by atoms with Gasteiger partial charge in [-0.05, 0) is 45.0 Å². The van der Waals surface area contributed by atoms with Crippen LogP contribution in [0.1, 0.15) is 18.3 Å². The number of ether oxygens (including phenoxy) is 1. The minimum Gasteiger partial charge on any atom is -0.481 e. The lowest BCUT2D eigenvalue weighted by atomic mass is 10.2. The molecule has 0 aliphatic rings. The van der Waals surface area contributed by atoms with E-state index >= 15 is 0 Å². The van der Waals surface area contributed by atoms with Gasteiger partial charge in [0.25, 0.3) is 5.91 Å². The fourth-order valence-electron chi connectivity index (χ4n) is 2.63. The summed E-state index contributed by atoms with van der Waals surface area (Å²) in [6, 6.07) is 19.1. The van der Waals surface area contributed by atoms with Crippen molar-refractivity contribution in [2.75, 3.05) is 5.32 Å². The Kier molecular flexibility index (Phi) is 4.84. The monoisotopic (exact) mass is 335 g/mol.